The Balaban J connectivity index is 2.43. The minimum absolute atomic E-state index is 0.257. The molecule has 0 saturated carbocycles. The van der Waals surface area contributed by atoms with E-state index < -0.39 is 0 Å². The van der Waals surface area contributed by atoms with Crippen molar-refractivity contribution in [3.05, 3.63) is 34.9 Å². The second-order valence-electron chi connectivity index (χ2n) is 3.54. The first-order chi connectivity index (χ1) is 7.20. The molecule has 0 aliphatic heterocycles. The zero-order valence-corrected chi connectivity index (χ0v) is 10.1. The number of fused-ring (bicyclic) bond motifs is 1. The van der Waals surface area contributed by atoms with Crippen LogP contribution in [0.3, 0.4) is 0 Å². The molecule has 0 unspecified atom stereocenters. The van der Waals surface area contributed by atoms with Crippen LogP contribution in [0.25, 0.3) is 10.9 Å². The first-order valence-corrected chi connectivity index (χ1v) is 5.76. The summed E-state index contributed by atoms with van der Waals surface area (Å²) in [5.41, 5.74) is 1.10. The van der Waals surface area contributed by atoms with Crippen LogP contribution in [-0.2, 0) is 11.3 Å². The molecule has 2 nitrogen and oxygen atoms in total. The highest BCUT2D eigenvalue weighted by Crippen LogP contribution is 2.20. The van der Waals surface area contributed by atoms with E-state index in [0.717, 1.165) is 9.99 Å². The zero-order chi connectivity index (χ0) is 10.8. The van der Waals surface area contributed by atoms with Gasteiger partial charge in [0.2, 0.25) is 0 Å². The van der Waals surface area contributed by atoms with Gasteiger partial charge in [0, 0.05) is 22.6 Å². The Morgan fingerprint density at radius 1 is 1.40 bits per heavy atom. The Bertz CT molecular complexity index is 501. The Hall–Kier alpha value is -1.09. The highest BCUT2D eigenvalue weighted by molar-refractivity contribution is 9.10. The fourth-order valence-electron chi connectivity index (χ4n) is 1.60. The third-order valence-electron chi connectivity index (χ3n) is 2.48. The number of ketones is 1. The molecule has 0 fully saturated rings. The van der Waals surface area contributed by atoms with Gasteiger partial charge in [-0.2, -0.15) is 0 Å². The Kier molecular flexibility index (Phi) is 2.91. The largest absolute Gasteiger partial charge is 0.340 e. The van der Waals surface area contributed by atoms with Crippen molar-refractivity contribution in [2.75, 3.05) is 0 Å². The lowest BCUT2D eigenvalue weighted by molar-refractivity contribution is -0.119. The Morgan fingerprint density at radius 3 is 2.93 bits per heavy atom. The monoisotopic (exact) mass is 265 g/mol. The lowest BCUT2D eigenvalue weighted by Gasteiger charge is -2.03. The quantitative estimate of drug-likeness (QED) is 0.834. The third-order valence-corrected chi connectivity index (χ3v) is 2.97. The molecule has 0 radical (unpaired) electrons. The number of halogens is 1. The fraction of sp³-hybridized carbons (Fsp3) is 0.250. The van der Waals surface area contributed by atoms with Crippen LogP contribution in [-0.4, -0.2) is 10.4 Å². The van der Waals surface area contributed by atoms with Gasteiger partial charge >= 0.3 is 0 Å². The second-order valence-corrected chi connectivity index (χ2v) is 4.45. The number of Topliss-reactive ketones (excluding diaryl/α,β-unsaturated/α-hetero) is 1. The number of rotatable bonds is 3. The second kappa shape index (κ2) is 4.19. The van der Waals surface area contributed by atoms with Crippen LogP contribution < -0.4 is 0 Å². The van der Waals surface area contributed by atoms with Crippen LogP contribution in [0.4, 0.5) is 0 Å². The molecule has 0 bridgehead atoms. The van der Waals surface area contributed by atoms with E-state index in [-0.39, 0.29) is 5.78 Å². The molecule has 1 heterocycles. The molecule has 2 aromatic rings. The Morgan fingerprint density at radius 2 is 2.20 bits per heavy atom. The number of aromatic nitrogens is 1. The molecule has 2 rings (SSSR count). The summed E-state index contributed by atoms with van der Waals surface area (Å²) in [5, 5.41) is 1.17. The van der Waals surface area contributed by atoms with E-state index >= 15 is 0 Å². The highest BCUT2D eigenvalue weighted by atomic mass is 79.9. The smallest absolute Gasteiger partial charge is 0.152 e. The topological polar surface area (TPSA) is 22.0 Å². The summed E-state index contributed by atoms with van der Waals surface area (Å²) in [6.07, 6.45) is 2.55. The molecule has 15 heavy (non-hydrogen) atoms. The average Bonchev–Trinajstić information content (AvgIpc) is 2.61. The number of nitrogens with zero attached hydrogens (tertiary/aromatic N) is 1. The van der Waals surface area contributed by atoms with Crippen LogP contribution in [0, 0.1) is 0 Å². The minimum Gasteiger partial charge on any atom is -0.340 e. The number of carbonyl (C=O) groups is 1. The normalized spacial score (nSPS) is 10.8. The summed E-state index contributed by atoms with van der Waals surface area (Å²) in [6.45, 7) is 2.36. The van der Waals surface area contributed by atoms with Crippen LogP contribution in [0.15, 0.2) is 34.9 Å². The van der Waals surface area contributed by atoms with Crippen molar-refractivity contribution in [2.24, 2.45) is 0 Å². The predicted octanol–water partition coefficient (Wildman–Crippen LogP) is 3.38. The summed E-state index contributed by atoms with van der Waals surface area (Å²) >= 11 is 3.44. The maximum atomic E-state index is 11.4. The molecule has 3 heteroatoms. The molecule has 0 atom stereocenters. The van der Waals surface area contributed by atoms with E-state index in [2.05, 4.69) is 15.9 Å². The summed E-state index contributed by atoms with van der Waals surface area (Å²) in [7, 11) is 0. The van der Waals surface area contributed by atoms with Crippen molar-refractivity contribution in [1.82, 2.24) is 4.57 Å². The van der Waals surface area contributed by atoms with Gasteiger partial charge < -0.3 is 4.57 Å². The van der Waals surface area contributed by atoms with Gasteiger partial charge in [-0.3, -0.25) is 4.79 Å². The van der Waals surface area contributed by atoms with Gasteiger partial charge in [-0.15, -0.1) is 0 Å². The van der Waals surface area contributed by atoms with Gasteiger partial charge in [0.1, 0.15) is 0 Å². The third kappa shape index (κ3) is 2.12. The molecule has 0 aliphatic rings. The maximum absolute atomic E-state index is 11.4. The average molecular weight is 266 g/mol. The van der Waals surface area contributed by atoms with Crippen molar-refractivity contribution in [3.63, 3.8) is 0 Å². The summed E-state index contributed by atoms with van der Waals surface area (Å²) in [5.74, 6) is 0.257. The van der Waals surface area contributed by atoms with Crippen molar-refractivity contribution in [2.45, 2.75) is 19.9 Å². The molecular weight excluding hydrogens is 254 g/mol. The van der Waals surface area contributed by atoms with Crippen LogP contribution in [0.1, 0.15) is 13.3 Å². The van der Waals surface area contributed by atoms with E-state index in [1.54, 1.807) is 0 Å². The van der Waals surface area contributed by atoms with E-state index in [0.29, 0.717) is 13.0 Å². The van der Waals surface area contributed by atoms with Gasteiger partial charge in [0.15, 0.2) is 5.78 Å². The van der Waals surface area contributed by atoms with Crippen LogP contribution in [0.2, 0.25) is 0 Å². The molecule has 0 saturated heterocycles. The van der Waals surface area contributed by atoms with E-state index in [1.165, 1.54) is 5.39 Å². The molecule has 0 aliphatic carbocycles. The summed E-state index contributed by atoms with van der Waals surface area (Å²) < 4.78 is 3.03. The van der Waals surface area contributed by atoms with E-state index in [1.807, 2.05) is 42.0 Å². The maximum Gasteiger partial charge on any atom is 0.152 e. The lowest BCUT2D eigenvalue weighted by atomic mass is 10.2. The molecule has 1 aromatic heterocycles. The van der Waals surface area contributed by atoms with Gasteiger partial charge in [-0.1, -0.05) is 28.9 Å². The van der Waals surface area contributed by atoms with E-state index in [4.69, 9.17) is 0 Å². The van der Waals surface area contributed by atoms with Crippen LogP contribution in [0.5, 0.6) is 0 Å². The van der Waals surface area contributed by atoms with Crippen molar-refractivity contribution >= 4 is 32.6 Å². The highest BCUT2D eigenvalue weighted by Gasteiger charge is 2.04. The molecule has 1 aromatic carbocycles. The van der Waals surface area contributed by atoms with Crippen molar-refractivity contribution < 1.29 is 4.79 Å². The number of benzene rings is 1. The minimum atomic E-state index is 0.257. The van der Waals surface area contributed by atoms with Crippen LogP contribution >= 0.6 is 15.9 Å². The van der Waals surface area contributed by atoms with E-state index in [9.17, 15) is 4.79 Å². The molecule has 0 amide bonds. The summed E-state index contributed by atoms with van der Waals surface area (Å²) in [4.78, 5) is 11.4. The fourth-order valence-corrected chi connectivity index (χ4v) is 1.95. The standard InChI is InChI=1S/C12H12BrNO/c1-2-11(15)8-14-6-5-9-3-4-10(13)7-12(9)14/h3-7H,2,8H2,1H3. The van der Waals surface area contributed by atoms with Crippen molar-refractivity contribution in [1.29, 1.82) is 0 Å². The predicted molar refractivity (Wildman–Crippen MR) is 64.9 cm³/mol. The Labute approximate surface area is 97.0 Å². The van der Waals surface area contributed by atoms with Gasteiger partial charge in [-0.25, -0.2) is 0 Å². The number of carbonyl (C=O) groups excluding carboxylic acids is 1. The van der Waals surface area contributed by atoms with Gasteiger partial charge in [-0.05, 0) is 23.6 Å². The lowest BCUT2D eigenvalue weighted by Crippen LogP contribution is -2.07. The first-order valence-electron chi connectivity index (χ1n) is 4.97. The summed E-state index contributed by atoms with van der Waals surface area (Å²) in [6, 6.07) is 8.13. The zero-order valence-electron chi connectivity index (χ0n) is 8.53. The molecule has 0 N–H and O–H groups in total. The first kappa shape index (κ1) is 10.4. The van der Waals surface area contributed by atoms with Gasteiger partial charge in [0.25, 0.3) is 0 Å². The molecule has 78 valence electrons. The molecular formula is C12H12BrNO. The number of hydrogen-bond donors (Lipinski definition) is 0. The van der Waals surface area contributed by atoms with Crippen molar-refractivity contribution in [3.8, 4) is 0 Å². The molecule has 0 spiro atoms. The number of hydrogen-bond acceptors (Lipinski definition) is 1. The van der Waals surface area contributed by atoms with Gasteiger partial charge in [0.05, 0.1) is 6.54 Å². The SMILES string of the molecule is CCC(=O)Cn1ccc2ccc(Br)cc21.